The molecule has 0 aliphatic carbocycles. The maximum Gasteiger partial charge on any atom is 0.264 e. The average Bonchev–Trinajstić information content (AvgIpc) is 3.16. The Balaban J connectivity index is 1.62. The van der Waals surface area contributed by atoms with E-state index >= 15 is 0 Å². The molecule has 1 aliphatic heterocycles. The molecule has 3 rings (SSSR count). The Hall–Kier alpha value is -2.15. The second-order valence-electron chi connectivity index (χ2n) is 5.88. The Morgan fingerprint density at radius 1 is 1.43 bits per heavy atom. The number of anilines is 1. The fraction of sp³-hybridized carbons (Fsp3) is 0.438. The molecule has 0 radical (unpaired) electrons. The standard InChI is InChI=1S/C16H20N4O2S/c1-11-6-13(23-10-11)16(21)20-5-4-12(9-20)22-15-8-17-7-14(18-15)19(2)3/h6-8,10,12H,4-5,9H2,1-3H3/t12-/m0/s1. The number of carbonyl (C=O) groups is 1. The molecule has 1 aliphatic rings. The van der Waals surface area contributed by atoms with Crippen LogP contribution in [0.1, 0.15) is 21.7 Å². The summed E-state index contributed by atoms with van der Waals surface area (Å²) < 4.78 is 5.90. The minimum atomic E-state index is -0.0354. The lowest BCUT2D eigenvalue weighted by Crippen LogP contribution is -2.30. The number of aromatic nitrogens is 2. The number of hydrogen-bond acceptors (Lipinski definition) is 6. The Kier molecular flexibility index (Phi) is 4.47. The third-order valence-corrected chi connectivity index (χ3v) is 4.75. The fourth-order valence-electron chi connectivity index (χ4n) is 2.49. The van der Waals surface area contributed by atoms with Gasteiger partial charge in [-0.15, -0.1) is 11.3 Å². The minimum Gasteiger partial charge on any atom is -0.471 e. The van der Waals surface area contributed by atoms with Gasteiger partial charge in [0.1, 0.15) is 6.10 Å². The van der Waals surface area contributed by atoms with Gasteiger partial charge in [0.05, 0.1) is 23.8 Å². The van der Waals surface area contributed by atoms with Gasteiger partial charge in [-0.3, -0.25) is 9.78 Å². The third kappa shape index (κ3) is 3.61. The van der Waals surface area contributed by atoms with Crippen LogP contribution in [0.25, 0.3) is 0 Å². The van der Waals surface area contributed by atoms with Crippen molar-refractivity contribution in [3.05, 3.63) is 34.3 Å². The number of thiophene rings is 1. The SMILES string of the molecule is Cc1csc(C(=O)N2CC[C@H](Oc3cncc(N(C)C)n3)C2)c1. The topological polar surface area (TPSA) is 58.6 Å². The van der Waals surface area contributed by atoms with E-state index in [1.807, 2.05) is 42.3 Å². The minimum absolute atomic E-state index is 0.0354. The quantitative estimate of drug-likeness (QED) is 0.859. The molecule has 0 saturated carbocycles. The van der Waals surface area contributed by atoms with Gasteiger partial charge in [-0.25, -0.2) is 0 Å². The van der Waals surface area contributed by atoms with Crippen LogP contribution in [-0.4, -0.2) is 54.1 Å². The Morgan fingerprint density at radius 3 is 2.96 bits per heavy atom. The molecule has 1 amide bonds. The van der Waals surface area contributed by atoms with Crippen LogP contribution in [0.2, 0.25) is 0 Å². The Morgan fingerprint density at radius 2 is 2.26 bits per heavy atom. The summed E-state index contributed by atoms with van der Waals surface area (Å²) in [4.78, 5) is 25.5. The largest absolute Gasteiger partial charge is 0.471 e. The van der Waals surface area contributed by atoms with Gasteiger partial charge in [0.25, 0.3) is 5.91 Å². The zero-order valence-electron chi connectivity index (χ0n) is 13.5. The summed E-state index contributed by atoms with van der Waals surface area (Å²) in [6.07, 6.45) is 4.08. The summed E-state index contributed by atoms with van der Waals surface area (Å²) >= 11 is 1.49. The van der Waals surface area contributed by atoms with Crippen molar-refractivity contribution >= 4 is 23.1 Å². The number of aryl methyl sites for hydroxylation is 1. The van der Waals surface area contributed by atoms with E-state index in [2.05, 4.69) is 9.97 Å². The summed E-state index contributed by atoms with van der Waals surface area (Å²) in [5, 5.41) is 2.00. The van der Waals surface area contributed by atoms with Crippen molar-refractivity contribution in [2.24, 2.45) is 0 Å². The lowest BCUT2D eigenvalue weighted by molar-refractivity contribution is 0.0776. The van der Waals surface area contributed by atoms with E-state index in [1.54, 1.807) is 12.4 Å². The van der Waals surface area contributed by atoms with E-state index in [4.69, 9.17) is 4.74 Å². The predicted octanol–water partition coefficient (Wildman–Crippen LogP) is 2.21. The molecule has 6 nitrogen and oxygen atoms in total. The molecular weight excluding hydrogens is 312 g/mol. The third-order valence-electron chi connectivity index (χ3n) is 3.72. The van der Waals surface area contributed by atoms with Gasteiger partial charge < -0.3 is 14.5 Å². The van der Waals surface area contributed by atoms with Crippen molar-refractivity contribution in [2.45, 2.75) is 19.4 Å². The number of hydrogen-bond donors (Lipinski definition) is 0. The van der Waals surface area contributed by atoms with E-state index in [9.17, 15) is 4.79 Å². The van der Waals surface area contributed by atoms with Crippen LogP contribution in [0.5, 0.6) is 5.88 Å². The summed E-state index contributed by atoms with van der Waals surface area (Å²) in [7, 11) is 3.82. The molecule has 0 spiro atoms. The number of carbonyl (C=O) groups excluding carboxylic acids is 1. The van der Waals surface area contributed by atoms with Gasteiger partial charge in [0.15, 0.2) is 5.82 Å². The first-order valence-electron chi connectivity index (χ1n) is 7.53. The van der Waals surface area contributed by atoms with Gasteiger partial charge >= 0.3 is 0 Å². The second-order valence-corrected chi connectivity index (χ2v) is 6.79. The van der Waals surface area contributed by atoms with Gasteiger partial charge in [0, 0.05) is 27.1 Å². The van der Waals surface area contributed by atoms with Crippen LogP contribution in [0.3, 0.4) is 0 Å². The molecule has 2 aromatic rings. The molecule has 0 unspecified atom stereocenters. The van der Waals surface area contributed by atoms with E-state index in [0.29, 0.717) is 19.0 Å². The van der Waals surface area contributed by atoms with Crippen LogP contribution < -0.4 is 9.64 Å². The molecule has 1 atom stereocenters. The van der Waals surface area contributed by atoms with E-state index in [1.165, 1.54) is 11.3 Å². The first-order valence-corrected chi connectivity index (χ1v) is 8.41. The zero-order chi connectivity index (χ0) is 16.4. The lowest BCUT2D eigenvalue weighted by atomic mass is 10.3. The molecule has 7 heteroatoms. The zero-order valence-corrected chi connectivity index (χ0v) is 14.3. The van der Waals surface area contributed by atoms with Gasteiger partial charge in [-0.1, -0.05) is 0 Å². The Labute approximate surface area is 139 Å². The monoisotopic (exact) mass is 332 g/mol. The van der Waals surface area contributed by atoms with Crippen LogP contribution in [0.4, 0.5) is 5.82 Å². The van der Waals surface area contributed by atoms with E-state index in [0.717, 1.165) is 22.7 Å². The summed E-state index contributed by atoms with van der Waals surface area (Å²) in [6, 6.07) is 1.94. The normalized spacial score (nSPS) is 17.3. The van der Waals surface area contributed by atoms with Crippen molar-refractivity contribution in [1.29, 1.82) is 0 Å². The summed E-state index contributed by atoms with van der Waals surface area (Å²) in [6.45, 7) is 3.30. The summed E-state index contributed by atoms with van der Waals surface area (Å²) in [5.41, 5.74) is 1.13. The molecule has 2 aromatic heterocycles. The highest BCUT2D eigenvalue weighted by atomic mass is 32.1. The maximum atomic E-state index is 12.4. The van der Waals surface area contributed by atoms with Crippen molar-refractivity contribution in [3.63, 3.8) is 0 Å². The molecule has 0 bridgehead atoms. The molecule has 23 heavy (non-hydrogen) atoms. The van der Waals surface area contributed by atoms with Gasteiger partial charge in [0.2, 0.25) is 5.88 Å². The number of ether oxygens (including phenoxy) is 1. The number of nitrogens with zero attached hydrogens (tertiary/aromatic N) is 4. The number of rotatable bonds is 4. The van der Waals surface area contributed by atoms with Gasteiger partial charge in [-0.2, -0.15) is 4.98 Å². The van der Waals surface area contributed by atoms with Crippen molar-refractivity contribution < 1.29 is 9.53 Å². The van der Waals surface area contributed by atoms with Crippen LogP contribution in [-0.2, 0) is 0 Å². The first-order chi connectivity index (χ1) is 11.0. The van der Waals surface area contributed by atoms with Crippen molar-refractivity contribution in [2.75, 3.05) is 32.1 Å². The van der Waals surface area contributed by atoms with E-state index < -0.39 is 0 Å². The smallest absolute Gasteiger partial charge is 0.264 e. The fourth-order valence-corrected chi connectivity index (χ4v) is 3.35. The molecule has 0 aromatic carbocycles. The summed E-state index contributed by atoms with van der Waals surface area (Å²) in [5.74, 6) is 1.34. The lowest BCUT2D eigenvalue weighted by Gasteiger charge is -2.17. The molecule has 1 saturated heterocycles. The molecule has 1 fully saturated rings. The highest BCUT2D eigenvalue weighted by Gasteiger charge is 2.29. The molecule has 0 N–H and O–H groups in total. The number of amides is 1. The van der Waals surface area contributed by atoms with Crippen LogP contribution in [0, 0.1) is 6.92 Å². The van der Waals surface area contributed by atoms with Gasteiger partial charge in [-0.05, 0) is 23.9 Å². The predicted molar refractivity (Wildman–Crippen MR) is 90.4 cm³/mol. The van der Waals surface area contributed by atoms with E-state index in [-0.39, 0.29) is 12.0 Å². The molecular formula is C16H20N4O2S. The molecule has 3 heterocycles. The highest BCUT2D eigenvalue weighted by molar-refractivity contribution is 7.12. The second kappa shape index (κ2) is 6.54. The van der Waals surface area contributed by atoms with Crippen molar-refractivity contribution in [3.8, 4) is 5.88 Å². The first kappa shape index (κ1) is 15.7. The molecule has 122 valence electrons. The average molecular weight is 332 g/mol. The number of likely N-dealkylation sites (tertiary alicyclic amines) is 1. The van der Waals surface area contributed by atoms with Crippen LogP contribution >= 0.6 is 11.3 Å². The Bertz CT molecular complexity index is 701. The maximum absolute atomic E-state index is 12.4. The van der Waals surface area contributed by atoms with Crippen LogP contribution in [0.15, 0.2) is 23.8 Å². The highest BCUT2D eigenvalue weighted by Crippen LogP contribution is 2.22. The van der Waals surface area contributed by atoms with Crippen molar-refractivity contribution in [1.82, 2.24) is 14.9 Å².